The Morgan fingerprint density at radius 3 is 2.84 bits per heavy atom. The highest BCUT2D eigenvalue weighted by atomic mass is 32.2. The molecule has 0 bridgehead atoms. The van der Waals surface area contributed by atoms with E-state index in [-0.39, 0.29) is 5.91 Å². The van der Waals surface area contributed by atoms with E-state index in [1.54, 1.807) is 0 Å². The highest BCUT2D eigenvalue weighted by Gasteiger charge is 2.02. The molecule has 0 atom stereocenters. The van der Waals surface area contributed by atoms with Crippen LogP contribution in [0.2, 0.25) is 0 Å². The fraction of sp³-hybridized carbons (Fsp3) is 0.154. The number of H-pyrrole nitrogens is 1. The van der Waals surface area contributed by atoms with E-state index >= 15 is 0 Å². The van der Waals surface area contributed by atoms with Gasteiger partial charge in [0.15, 0.2) is 0 Å². The van der Waals surface area contributed by atoms with Crippen molar-refractivity contribution in [2.75, 3.05) is 5.75 Å². The van der Waals surface area contributed by atoms with E-state index in [0.29, 0.717) is 23.2 Å². The van der Waals surface area contributed by atoms with E-state index in [1.165, 1.54) is 11.8 Å². The van der Waals surface area contributed by atoms with Crippen molar-refractivity contribution in [3.8, 4) is 0 Å². The average molecular weight is 274 g/mol. The number of aromatic amines is 1. The lowest BCUT2D eigenvalue weighted by atomic mass is 10.2. The molecule has 0 spiro atoms. The molecule has 2 aromatic rings. The lowest BCUT2D eigenvalue weighted by Gasteiger charge is -1.91. The van der Waals surface area contributed by atoms with Gasteiger partial charge in [-0.15, -0.1) is 5.10 Å². The first-order valence-corrected chi connectivity index (χ1v) is 6.79. The van der Waals surface area contributed by atoms with Crippen LogP contribution in [0.15, 0.2) is 35.5 Å². The Labute approximate surface area is 115 Å². The van der Waals surface area contributed by atoms with E-state index < -0.39 is 0 Å². The summed E-state index contributed by atoms with van der Waals surface area (Å²) in [6.07, 6.45) is 4.15. The topological polar surface area (TPSA) is 84.7 Å². The monoisotopic (exact) mass is 274 g/mol. The lowest BCUT2D eigenvalue weighted by Crippen LogP contribution is -2.10. The largest absolute Gasteiger partial charge is 0.370 e. The summed E-state index contributed by atoms with van der Waals surface area (Å²) in [6.45, 7) is 0. The Balaban J connectivity index is 1.90. The summed E-state index contributed by atoms with van der Waals surface area (Å²) in [7, 11) is 0. The predicted molar refractivity (Wildman–Crippen MR) is 76.3 cm³/mol. The molecule has 1 heterocycles. The minimum Gasteiger partial charge on any atom is -0.370 e. The zero-order valence-electron chi connectivity index (χ0n) is 10.2. The van der Waals surface area contributed by atoms with Crippen LogP contribution >= 0.6 is 11.8 Å². The average Bonchev–Trinajstić information content (AvgIpc) is 2.85. The van der Waals surface area contributed by atoms with Gasteiger partial charge in [0, 0.05) is 12.2 Å². The SMILES string of the molecule is NC(=O)CCSc1n[nH]c(/C=C/c2ccccc2)n1. The highest BCUT2D eigenvalue weighted by molar-refractivity contribution is 7.99. The molecule has 1 aromatic carbocycles. The fourth-order valence-electron chi connectivity index (χ4n) is 1.38. The first-order valence-electron chi connectivity index (χ1n) is 5.80. The van der Waals surface area contributed by atoms with Crippen molar-refractivity contribution in [3.05, 3.63) is 41.7 Å². The Morgan fingerprint density at radius 2 is 2.11 bits per heavy atom. The minimum atomic E-state index is -0.313. The van der Waals surface area contributed by atoms with E-state index in [9.17, 15) is 4.79 Å². The molecular weight excluding hydrogens is 260 g/mol. The summed E-state index contributed by atoms with van der Waals surface area (Å²) >= 11 is 1.40. The maximum absolute atomic E-state index is 10.6. The van der Waals surface area contributed by atoms with Crippen LogP contribution in [0.1, 0.15) is 17.8 Å². The number of rotatable bonds is 6. The molecule has 1 amide bonds. The number of thioether (sulfide) groups is 1. The smallest absolute Gasteiger partial charge is 0.218 e. The van der Waals surface area contributed by atoms with Gasteiger partial charge in [0.1, 0.15) is 5.82 Å². The maximum atomic E-state index is 10.6. The van der Waals surface area contributed by atoms with Gasteiger partial charge >= 0.3 is 0 Å². The Kier molecular flexibility index (Phi) is 4.74. The molecule has 0 aliphatic rings. The van der Waals surface area contributed by atoms with Crippen molar-refractivity contribution in [1.29, 1.82) is 0 Å². The van der Waals surface area contributed by atoms with Crippen molar-refractivity contribution in [2.45, 2.75) is 11.6 Å². The molecule has 0 unspecified atom stereocenters. The van der Waals surface area contributed by atoms with Gasteiger partial charge in [0.05, 0.1) is 0 Å². The first kappa shape index (κ1) is 13.4. The molecule has 19 heavy (non-hydrogen) atoms. The van der Waals surface area contributed by atoms with E-state index in [2.05, 4.69) is 15.2 Å². The van der Waals surface area contributed by atoms with Gasteiger partial charge in [-0.25, -0.2) is 4.98 Å². The molecule has 1 aromatic heterocycles. The summed E-state index contributed by atoms with van der Waals surface area (Å²) < 4.78 is 0. The van der Waals surface area contributed by atoms with Crippen LogP contribution in [-0.4, -0.2) is 26.8 Å². The molecule has 0 saturated heterocycles. The van der Waals surface area contributed by atoms with Crippen LogP contribution in [0.25, 0.3) is 12.2 Å². The zero-order chi connectivity index (χ0) is 13.5. The van der Waals surface area contributed by atoms with Crippen molar-refractivity contribution in [1.82, 2.24) is 15.2 Å². The molecule has 6 heteroatoms. The number of nitrogens with one attached hydrogen (secondary N) is 1. The van der Waals surface area contributed by atoms with Crippen molar-refractivity contribution < 1.29 is 4.79 Å². The van der Waals surface area contributed by atoms with Crippen LogP contribution in [-0.2, 0) is 4.79 Å². The third kappa shape index (κ3) is 4.59. The molecule has 0 aliphatic carbocycles. The van der Waals surface area contributed by atoms with Crippen LogP contribution in [0, 0.1) is 0 Å². The Morgan fingerprint density at radius 1 is 1.32 bits per heavy atom. The molecule has 2 rings (SSSR count). The second kappa shape index (κ2) is 6.75. The van der Waals surface area contributed by atoms with Gasteiger partial charge < -0.3 is 5.73 Å². The third-order valence-corrected chi connectivity index (χ3v) is 3.14. The fourth-order valence-corrected chi connectivity index (χ4v) is 2.14. The van der Waals surface area contributed by atoms with Crippen molar-refractivity contribution in [2.24, 2.45) is 5.73 Å². The molecule has 0 radical (unpaired) electrons. The van der Waals surface area contributed by atoms with E-state index in [4.69, 9.17) is 5.73 Å². The number of aromatic nitrogens is 3. The molecule has 98 valence electrons. The van der Waals surface area contributed by atoms with Crippen LogP contribution in [0.5, 0.6) is 0 Å². The number of nitrogens with two attached hydrogens (primary N) is 1. The number of carbonyl (C=O) groups is 1. The number of amides is 1. The van der Waals surface area contributed by atoms with Gasteiger partial charge in [-0.3, -0.25) is 9.89 Å². The van der Waals surface area contributed by atoms with Crippen molar-refractivity contribution in [3.63, 3.8) is 0 Å². The lowest BCUT2D eigenvalue weighted by molar-refractivity contribution is -0.117. The van der Waals surface area contributed by atoms with E-state index in [0.717, 1.165) is 5.56 Å². The molecule has 3 N–H and O–H groups in total. The minimum absolute atomic E-state index is 0.313. The number of hydrogen-bond donors (Lipinski definition) is 2. The summed E-state index contributed by atoms with van der Waals surface area (Å²) in [5.74, 6) is 0.965. The summed E-state index contributed by atoms with van der Waals surface area (Å²) in [5.41, 5.74) is 6.16. The predicted octanol–water partition coefficient (Wildman–Crippen LogP) is 1.94. The zero-order valence-corrected chi connectivity index (χ0v) is 11.1. The molecule has 0 aliphatic heterocycles. The Hall–Kier alpha value is -2.08. The number of carbonyl (C=O) groups excluding carboxylic acids is 1. The van der Waals surface area contributed by atoms with Crippen LogP contribution in [0.4, 0.5) is 0 Å². The molecule has 5 nitrogen and oxygen atoms in total. The highest BCUT2D eigenvalue weighted by Crippen LogP contribution is 2.14. The van der Waals surface area contributed by atoms with Crippen molar-refractivity contribution >= 4 is 29.8 Å². The van der Waals surface area contributed by atoms with Gasteiger partial charge in [0.25, 0.3) is 0 Å². The Bertz CT molecular complexity index is 565. The van der Waals surface area contributed by atoms with Gasteiger partial charge in [0.2, 0.25) is 11.1 Å². The number of primary amides is 1. The van der Waals surface area contributed by atoms with Gasteiger partial charge in [-0.2, -0.15) is 0 Å². The second-order valence-electron chi connectivity index (χ2n) is 3.81. The number of benzene rings is 1. The van der Waals surface area contributed by atoms with Gasteiger partial charge in [-0.1, -0.05) is 48.2 Å². The third-order valence-electron chi connectivity index (χ3n) is 2.30. The summed E-state index contributed by atoms with van der Waals surface area (Å²) in [4.78, 5) is 14.9. The summed E-state index contributed by atoms with van der Waals surface area (Å²) in [5, 5.41) is 7.50. The number of hydrogen-bond acceptors (Lipinski definition) is 4. The normalized spacial score (nSPS) is 10.9. The number of nitrogens with zero attached hydrogens (tertiary/aromatic N) is 2. The quantitative estimate of drug-likeness (QED) is 0.788. The molecule has 0 saturated carbocycles. The molecule has 0 fully saturated rings. The van der Waals surface area contributed by atoms with E-state index in [1.807, 2.05) is 42.5 Å². The molecular formula is C13H14N4OS. The van der Waals surface area contributed by atoms with Gasteiger partial charge in [-0.05, 0) is 11.6 Å². The first-order chi connectivity index (χ1) is 9.24. The van der Waals surface area contributed by atoms with Crippen LogP contribution in [0.3, 0.4) is 0 Å². The summed E-state index contributed by atoms with van der Waals surface area (Å²) in [6, 6.07) is 9.94. The van der Waals surface area contributed by atoms with Crippen LogP contribution < -0.4 is 5.73 Å². The second-order valence-corrected chi connectivity index (χ2v) is 4.87. The maximum Gasteiger partial charge on any atom is 0.218 e. The standard InChI is InChI=1S/C13H14N4OS/c14-11(18)8-9-19-13-15-12(16-17-13)7-6-10-4-2-1-3-5-10/h1-7H,8-9H2,(H2,14,18)(H,15,16,17)/b7-6+.